The predicted molar refractivity (Wildman–Crippen MR) is 126 cm³/mol. The Kier molecular flexibility index (Phi) is 17.3. The minimum Gasteiger partial charge on any atom is -0.462 e. The molecule has 0 aliphatic rings. The van der Waals surface area contributed by atoms with Crippen molar-refractivity contribution in [2.45, 2.75) is 65.6 Å². The summed E-state index contributed by atoms with van der Waals surface area (Å²) in [6.45, 7) is 7.57. The van der Waals surface area contributed by atoms with Crippen LogP contribution in [0, 0.1) is 5.41 Å². The quantitative estimate of drug-likeness (QED) is 0.161. The topological polar surface area (TPSA) is 148 Å². The highest BCUT2D eigenvalue weighted by Gasteiger charge is 2.35. The van der Waals surface area contributed by atoms with Gasteiger partial charge in [-0.1, -0.05) is 26.7 Å². The van der Waals surface area contributed by atoms with Gasteiger partial charge in [0.15, 0.2) is 12.2 Å². The molecular formula is C23H42N2O10. The van der Waals surface area contributed by atoms with Gasteiger partial charge in [0.05, 0.1) is 25.2 Å². The van der Waals surface area contributed by atoms with Gasteiger partial charge in [-0.05, 0) is 26.7 Å². The van der Waals surface area contributed by atoms with Gasteiger partial charge in [-0.25, -0.2) is 19.2 Å². The molecule has 0 saturated heterocycles. The minimum absolute atomic E-state index is 0.102. The SMILES string of the molecule is CCCCCNC(=O)OC(C)C(=O)OCC(CC)(COCCOC)COC(=O)C(C)OC(=O)NC. The van der Waals surface area contributed by atoms with E-state index in [1.165, 1.54) is 28.0 Å². The molecule has 3 unspecified atom stereocenters. The highest BCUT2D eigenvalue weighted by Crippen LogP contribution is 2.25. The normalized spacial score (nSPS) is 14.1. The van der Waals surface area contributed by atoms with E-state index in [1.807, 2.05) is 6.92 Å². The zero-order valence-corrected chi connectivity index (χ0v) is 21.8. The zero-order chi connectivity index (χ0) is 26.7. The number of esters is 2. The summed E-state index contributed by atoms with van der Waals surface area (Å²) in [5.74, 6) is -1.50. The zero-order valence-electron chi connectivity index (χ0n) is 21.8. The van der Waals surface area contributed by atoms with Crippen LogP contribution < -0.4 is 10.6 Å². The monoisotopic (exact) mass is 506 g/mol. The van der Waals surface area contributed by atoms with Gasteiger partial charge in [0.2, 0.25) is 0 Å². The van der Waals surface area contributed by atoms with E-state index in [4.69, 9.17) is 28.4 Å². The molecule has 0 heterocycles. The lowest BCUT2D eigenvalue weighted by atomic mass is 9.88. The van der Waals surface area contributed by atoms with Crippen molar-refractivity contribution in [1.82, 2.24) is 10.6 Å². The fourth-order valence-corrected chi connectivity index (χ4v) is 2.63. The van der Waals surface area contributed by atoms with Gasteiger partial charge in [-0.15, -0.1) is 0 Å². The fourth-order valence-electron chi connectivity index (χ4n) is 2.63. The van der Waals surface area contributed by atoms with Crippen LogP contribution in [0.3, 0.4) is 0 Å². The lowest BCUT2D eigenvalue weighted by Gasteiger charge is -2.32. The largest absolute Gasteiger partial charge is 0.462 e. The lowest BCUT2D eigenvalue weighted by molar-refractivity contribution is -0.167. The molecule has 0 rings (SSSR count). The summed E-state index contributed by atoms with van der Waals surface area (Å²) in [6, 6.07) is 0. The summed E-state index contributed by atoms with van der Waals surface area (Å²) in [5, 5.41) is 4.84. The number of methoxy groups -OCH3 is 1. The van der Waals surface area contributed by atoms with E-state index < -0.39 is 41.7 Å². The third-order valence-electron chi connectivity index (χ3n) is 5.12. The Balaban J connectivity index is 4.97. The highest BCUT2D eigenvalue weighted by atomic mass is 16.6. The molecule has 0 aliphatic heterocycles. The first-order valence-electron chi connectivity index (χ1n) is 11.9. The number of carbonyl (C=O) groups is 4. The molecule has 0 aromatic carbocycles. The van der Waals surface area contributed by atoms with E-state index in [1.54, 1.807) is 0 Å². The van der Waals surface area contributed by atoms with Gasteiger partial charge in [0, 0.05) is 20.7 Å². The molecule has 204 valence electrons. The van der Waals surface area contributed by atoms with Crippen molar-refractivity contribution in [1.29, 1.82) is 0 Å². The molecule has 35 heavy (non-hydrogen) atoms. The van der Waals surface area contributed by atoms with Crippen molar-refractivity contribution in [3.05, 3.63) is 0 Å². The summed E-state index contributed by atoms with van der Waals surface area (Å²) >= 11 is 0. The summed E-state index contributed by atoms with van der Waals surface area (Å²) < 4.78 is 31.3. The molecule has 0 aromatic heterocycles. The number of unbranched alkanes of at least 4 members (excludes halogenated alkanes) is 2. The molecule has 12 heteroatoms. The summed E-state index contributed by atoms with van der Waals surface area (Å²) in [5.41, 5.74) is -0.881. The van der Waals surface area contributed by atoms with Gasteiger partial charge >= 0.3 is 24.1 Å². The molecule has 0 aliphatic carbocycles. The first-order valence-corrected chi connectivity index (χ1v) is 11.9. The van der Waals surface area contributed by atoms with Crippen molar-refractivity contribution in [2.24, 2.45) is 5.41 Å². The van der Waals surface area contributed by atoms with E-state index in [0.29, 0.717) is 19.6 Å². The summed E-state index contributed by atoms with van der Waals surface area (Å²) in [4.78, 5) is 47.9. The Bertz CT molecular complexity index is 646. The molecule has 0 radical (unpaired) electrons. The standard InChI is InChI=1S/C23H42N2O10/c1-7-9-10-11-25-22(29)35-18(4)20(27)33-16-23(8-2,14-31-13-12-30-6)15-32-19(26)17(3)34-21(28)24-5/h17-18H,7-16H2,1-6H3,(H,24,28)(H,25,29). The van der Waals surface area contributed by atoms with Crippen LogP contribution >= 0.6 is 0 Å². The molecule has 0 bridgehead atoms. The smallest absolute Gasteiger partial charge is 0.407 e. The van der Waals surface area contributed by atoms with Crippen LogP contribution in [0.4, 0.5) is 9.59 Å². The third-order valence-corrected chi connectivity index (χ3v) is 5.12. The lowest BCUT2D eigenvalue weighted by Crippen LogP contribution is -2.41. The maximum Gasteiger partial charge on any atom is 0.407 e. The number of carbonyl (C=O) groups excluding carboxylic acids is 4. The van der Waals surface area contributed by atoms with E-state index >= 15 is 0 Å². The highest BCUT2D eigenvalue weighted by molar-refractivity contribution is 5.79. The molecule has 0 spiro atoms. The van der Waals surface area contributed by atoms with E-state index in [-0.39, 0.29) is 26.4 Å². The number of ether oxygens (including phenoxy) is 6. The second-order valence-electron chi connectivity index (χ2n) is 8.09. The van der Waals surface area contributed by atoms with Gasteiger partial charge < -0.3 is 39.1 Å². The number of hydrogen-bond donors (Lipinski definition) is 2. The van der Waals surface area contributed by atoms with Crippen molar-refractivity contribution in [3.63, 3.8) is 0 Å². The second-order valence-corrected chi connectivity index (χ2v) is 8.09. The first-order chi connectivity index (χ1) is 16.6. The summed E-state index contributed by atoms with van der Waals surface area (Å²) in [6.07, 6.45) is -0.491. The number of amides is 2. The van der Waals surface area contributed by atoms with Crippen LogP contribution in [0.1, 0.15) is 53.4 Å². The maximum atomic E-state index is 12.4. The Labute approximate surface area is 207 Å². The van der Waals surface area contributed by atoms with Crippen molar-refractivity contribution in [3.8, 4) is 0 Å². The molecule has 2 amide bonds. The molecule has 0 saturated carbocycles. The van der Waals surface area contributed by atoms with E-state index in [2.05, 4.69) is 17.6 Å². The summed E-state index contributed by atoms with van der Waals surface area (Å²) in [7, 11) is 2.91. The number of rotatable bonds is 18. The van der Waals surface area contributed by atoms with Gasteiger partial charge in [-0.3, -0.25) is 0 Å². The van der Waals surface area contributed by atoms with Crippen LogP contribution in [0.2, 0.25) is 0 Å². The number of nitrogens with one attached hydrogen (secondary N) is 2. The van der Waals surface area contributed by atoms with Crippen LogP contribution in [-0.4, -0.2) is 90.1 Å². The Morgan fingerprint density at radius 2 is 1.40 bits per heavy atom. The fraction of sp³-hybridized carbons (Fsp3) is 0.826. The van der Waals surface area contributed by atoms with Crippen molar-refractivity contribution in [2.75, 3.05) is 53.7 Å². The average Bonchev–Trinajstić information content (AvgIpc) is 2.85. The van der Waals surface area contributed by atoms with E-state index in [9.17, 15) is 19.2 Å². The molecule has 12 nitrogen and oxygen atoms in total. The molecule has 2 N–H and O–H groups in total. The predicted octanol–water partition coefficient (Wildman–Crippen LogP) is 2.18. The van der Waals surface area contributed by atoms with Crippen LogP contribution in [0.25, 0.3) is 0 Å². The van der Waals surface area contributed by atoms with Crippen molar-refractivity contribution < 1.29 is 47.6 Å². The minimum atomic E-state index is -1.13. The molecule has 0 fully saturated rings. The molecule has 3 atom stereocenters. The third kappa shape index (κ3) is 14.4. The molecular weight excluding hydrogens is 464 g/mol. The average molecular weight is 507 g/mol. The Morgan fingerprint density at radius 3 is 1.89 bits per heavy atom. The van der Waals surface area contributed by atoms with Crippen LogP contribution in [0.15, 0.2) is 0 Å². The Morgan fingerprint density at radius 1 is 0.829 bits per heavy atom. The molecule has 0 aromatic rings. The van der Waals surface area contributed by atoms with Gasteiger partial charge in [0.25, 0.3) is 0 Å². The van der Waals surface area contributed by atoms with E-state index in [0.717, 1.165) is 19.3 Å². The number of alkyl carbamates (subject to hydrolysis) is 2. The van der Waals surface area contributed by atoms with Gasteiger partial charge in [-0.2, -0.15) is 0 Å². The first kappa shape index (κ1) is 32.4. The Hall–Kier alpha value is -2.60. The van der Waals surface area contributed by atoms with Crippen molar-refractivity contribution >= 4 is 24.1 Å². The van der Waals surface area contributed by atoms with Crippen LogP contribution in [-0.2, 0) is 38.0 Å². The van der Waals surface area contributed by atoms with Crippen LogP contribution in [0.5, 0.6) is 0 Å². The van der Waals surface area contributed by atoms with Gasteiger partial charge in [0.1, 0.15) is 13.2 Å². The number of hydrogen-bond acceptors (Lipinski definition) is 10. The second kappa shape index (κ2) is 18.7. The maximum absolute atomic E-state index is 12.4.